The van der Waals surface area contributed by atoms with Gasteiger partial charge in [0, 0.05) is 5.56 Å². The van der Waals surface area contributed by atoms with Gasteiger partial charge in [-0.1, -0.05) is 18.2 Å². The van der Waals surface area contributed by atoms with E-state index in [1.807, 2.05) is 12.1 Å². The maximum Gasteiger partial charge on any atom is 0.122 e. The molecule has 0 saturated carbocycles. The fourth-order valence-corrected chi connectivity index (χ4v) is 2.12. The molecule has 0 atom stereocenters. The van der Waals surface area contributed by atoms with Gasteiger partial charge in [-0.05, 0) is 43.5 Å². The highest BCUT2D eigenvalue weighted by molar-refractivity contribution is 5.95. The Bertz CT molecular complexity index is 363. The number of hydrogen-bond acceptors (Lipinski definition) is 2. The van der Waals surface area contributed by atoms with Gasteiger partial charge in [0.15, 0.2) is 0 Å². The van der Waals surface area contributed by atoms with Crippen LogP contribution in [0.3, 0.4) is 0 Å². The van der Waals surface area contributed by atoms with Crippen LogP contribution in [0.15, 0.2) is 24.3 Å². The first-order valence-corrected chi connectivity index (χ1v) is 5.42. The minimum Gasteiger partial charge on any atom is -0.384 e. The molecule has 0 unspecified atom stereocenters. The Morgan fingerprint density at radius 2 is 1.88 bits per heavy atom. The van der Waals surface area contributed by atoms with Crippen LogP contribution in [0.4, 0.5) is 0 Å². The number of amidine groups is 1. The fraction of sp³-hybridized carbons (Fsp3) is 0.417. The Balaban J connectivity index is 0.00000128. The van der Waals surface area contributed by atoms with Crippen LogP contribution in [0.2, 0.25) is 0 Å². The van der Waals surface area contributed by atoms with Crippen LogP contribution in [0.1, 0.15) is 29.9 Å². The average Bonchev–Trinajstić information content (AvgIpc) is 2.30. The molecule has 3 nitrogen and oxygen atoms in total. The fourth-order valence-electron chi connectivity index (χ4n) is 2.12. The third kappa shape index (κ3) is 4.19. The van der Waals surface area contributed by atoms with Gasteiger partial charge in [-0.2, -0.15) is 0 Å². The van der Waals surface area contributed by atoms with Crippen LogP contribution in [-0.2, 0) is 0 Å². The SMILES string of the molecule is Cl.Cl.N=C(N)c1cccc(C2CCNCC2)c1. The summed E-state index contributed by atoms with van der Waals surface area (Å²) in [5, 5.41) is 10.8. The lowest BCUT2D eigenvalue weighted by Crippen LogP contribution is -2.26. The highest BCUT2D eigenvalue weighted by Crippen LogP contribution is 2.25. The van der Waals surface area contributed by atoms with Crippen LogP contribution < -0.4 is 11.1 Å². The van der Waals surface area contributed by atoms with Gasteiger partial charge < -0.3 is 11.1 Å². The summed E-state index contributed by atoms with van der Waals surface area (Å²) in [4.78, 5) is 0. The number of rotatable bonds is 2. The standard InChI is InChI=1S/C12H17N3.2ClH/c13-12(14)11-3-1-2-10(8-11)9-4-6-15-7-5-9;;/h1-3,8-9,15H,4-7H2,(H3,13,14);2*1H. The zero-order valence-electron chi connectivity index (χ0n) is 9.61. The van der Waals surface area contributed by atoms with Crippen molar-refractivity contribution in [1.82, 2.24) is 5.32 Å². The predicted molar refractivity (Wildman–Crippen MR) is 76.8 cm³/mol. The van der Waals surface area contributed by atoms with Gasteiger partial charge in [0.1, 0.15) is 5.84 Å². The highest BCUT2D eigenvalue weighted by atomic mass is 35.5. The summed E-state index contributed by atoms with van der Waals surface area (Å²) < 4.78 is 0. The Labute approximate surface area is 114 Å². The lowest BCUT2D eigenvalue weighted by Gasteiger charge is -2.23. The van der Waals surface area contributed by atoms with Gasteiger partial charge in [0.25, 0.3) is 0 Å². The Morgan fingerprint density at radius 3 is 2.47 bits per heavy atom. The van der Waals surface area contributed by atoms with Crippen LogP contribution >= 0.6 is 24.8 Å². The molecule has 1 fully saturated rings. The average molecular weight is 276 g/mol. The van der Waals surface area contributed by atoms with Crippen LogP contribution in [-0.4, -0.2) is 18.9 Å². The molecule has 1 aromatic rings. The van der Waals surface area contributed by atoms with E-state index in [0.717, 1.165) is 18.7 Å². The number of halogens is 2. The number of piperidine rings is 1. The molecule has 4 N–H and O–H groups in total. The summed E-state index contributed by atoms with van der Waals surface area (Å²) in [6.45, 7) is 2.18. The molecule has 2 rings (SSSR count). The predicted octanol–water partition coefficient (Wildman–Crippen LogP) is 2.28. The van der Waals surface area contributed by atoms with Gasteiger partial charge >= 0.3 is 0 Å². The van der Waals surface area contributed by atoms with E-state index in [1.54, 1.807) is 0 Å². The normalized spacial score (nSPS) is 15.5. The maximum atomic E-state index is 7.41. The van der Waals surface area contributed by atoms with Crippen molar-refractivity contribution >= 4 is 30.6 Å². The molecule has 0 aliphatic carbocycles. The quantitative estimate of drug-likeness (QED) is 0.573. The van der Waals surface area contributed by atoms with Crippen molar-refractivity contribution in [3.8, 4) is 0 Å². The molecule has 1 aromatic carbocycles. The molecular weight excluding hydrogens is 257 g/mol. The number of nitrogen functional groups attached to an aromatic ring is 1. The van der Waals surface area contributed by atoms with Gasteiger partial charge in [0.05, 0.1) is 0 Å². The van der Waals surface area contributed by atoms with Gasteiger partial charge in [-0.15, -0.1) is 24.8 Å². The molecule has 0 aromatic heterocycles. The Morgan fingerprint density at radius 1 is 1.24 bits per heavy atom. The molecule has 0 bridgehead atoms. The van der Waals surface area contributed by atoms with E-state index in [0.29, 0.717) is 5.92 Å². The zero-order chi connectivity index (χ0) is 10.7. The highest BCUT2D eigenvalue weighted by Gasteiger charge is 2.15. The summed E-state index contributed by atoms with van der Waals surface area (Å²) >= 11 is 0. The number of nitrogens with one attached hydrogen (secondary N) is 2. The van der Waals surface area contributed by atoms with Gasteiger partial charge in [0.2, 0.25) is 0 Å². The second kappa shape index (κ2) is 7.54. The van der Waals surface area contributed by atoms with Crippen molar-refractivity contribution in [3.05, 3.63) is 35.4 Å². The monoisotopic (exact) mass is 275 g/mol. The molecule has 1 aliphatic rings. The zero-order valence-corrected chi connectivity index (χ0v) is 11.2. The lowest BCUT2D eigenvalue weighted by molar-refractivity contribution is 0.460. The van der Waals surface area contributed by atoms with Crippen molar-refractivity contribution < 1.29 is 0 Å². The van der Waals surface area contributed by atoms with Crippen molar-refractivity contribution in [2.75, 3.05) is 13.1 Å². The molecule has 0 amide bonds. The topological polar surface area (TPSA) is 61.9 Å². The number of nitrogens with two attached hydrogens (primary N) is 1. The van der Waals surface area contributed by atoms with E-state index < -0.39 is 0 Å². The molecule has 17 heavy (non-hydrogen) atoms. The van der Waals surface area contributed by atoms with E-state index in [-0.39, 0.29) is 30.6 Å². The number of hydrogen-bond donors (Lipinski definition) is 3. The van der Waals surface area contributed by atoms with Crippen molar-refractivity contribution in [2.24, 2.45) is 5.73 Å². The second-order valence-electron chi connectivity index (χ2n) is 4.06. The van der Waals surface area contributed by atoms with Gasteiger partial charge in [-0.3, -0.25) is 5.41 Å². The van der Waals surface area contributed by atoms with Crippen molar-refractivity contribution in [1.29, 1.82) is 5.41 Å². The van der Waals surface area contributed by atoms with Crippen LogP contribution in [0.5, 0.6) is 0 Å². The molecule has 1 aliphatic heterocycles. The van der Waals surface area contributed by atoms with E-state index in [2.05, 4.69) is 17.4 Å². The summed E-state index contributed by atoms with van der Waals surface area (Å²) in [5.74, 6) is 0.788. The lowest BCUT2D eigenvalue weighted by atomic mass is 9.89. The Hall–Kier alpha value is -0.770. The Kier molecular flexibility index (Phi) is 7.19. The third-order valence-corrected chi connectivity index (χ3v) is 3.01. The molecule has 0 spiro atoms. The first-order chi connectivity index (χ1) is 7.27. The summed E-state index contributed by atoms with van der Waals surface area (Å²) in [6, 6.07) is 8.09. The second-order valence-corrected chi connectivity index (χ2v) is 4.06. The molecule has 1 saturated heterocycles. The molecule has 1 heterocycles. The van der Waals surface area contributed by atoms with E-state index in [1.165, 1.54) is 18.4 Å². The van der Waals surface area contributed by atoms with Crippen molar-refractivity contribution in [3.63, 3.8) is 0 Å². The molecule has 96 valence electrons. The summed E-state index contributed by atoms with van der Waals surface area (Å²) in [7, 11) is 0. The van der Waals surface area contributed by atoms with E-state index in [4.69, 9.17) is 11.1 Å². The minimum absolute atomic E-state index is 0. The largest absolute Gasteiger partial charge is 0.384 e. The van der Waals surface area contributed by atoms with Crippen LogP contribution in [0, 0.1) is 5.41 Å². The summed E-state index contributed by atoms with van der Waals surface area (Å²) in [6.07, 6.45) is 2.36. The van der Waals surface area contributed by atoms with Gasteiger partial charge in [-0.25, -0.2) is 0 Å². The maximum absolute atomic E-state index is 7.41. The smallest absolute Gasteiger partial charge is 0.122 e. The van der Waals surface area contributed by atoms with E-state index >= 15 is 0 Å². The van der Waals surface area contributed by atoms with Crippen molar-refractivity contribution in [2.45, 2.75) is 18.8 Å². The third-order valence-electron chi connectivity index (χ3n) is 3.01. The first kappa shape index (κ1) is 16.2. The molecular formula is C12H19Cl2N3. The first-order valence-electron chi connectivity index (χ1n) is 5.42. The number of benzene rings is 1. The van der Waals surface area contributed by atoms with E-state index in [9.17, 15) is 0 Å². The molecule has 5 heteroatoms. The minimum atomic E-state index is 0. The van der Waals surface area contributed by atoms with Crippen LogP contribution in [0.25, 0.3) is 0 Å². The summed E-state index contributed by atoms with van der Waals surface area (Å²) in [5.41, 5.74) is 7.65. The molecule has 0 radical (unpaired) electrons.